The molecule has 1 rings (SSSR count). The Bertz CT molecular complexity index is 178. The summed E-state index contributed by atoms with van der Waals surface area (Å²) in [5.41, 5.74) is 6.18. The molecule has 1 atom stereocenters. The second-order valence-electron chi connectivity index (χ2n) is 1.52. The van der Waals surface area contributed by atoms with Gasteiger partial charge in [-0.1, -0.05) is 18.2 Å². The maximum atomic E-state index is 8.64. The first-order valence-corrected chi connectivity index (χ1v) is 4.77. The first kappa shape index (κ1) is 9.34. The van der Waals surface area contributed by atoms with Gasteiger partial charge < -0.3 is 5.73 Å². The molecule has 1 unspecified atom stereocenters. The van der Waals surface area contributed by atoms with Gasteiger partial charge in [0.1, 0.15) is 0 Å². The van der Waals surface area contributed by atoms with Crippen molar-refractivity contribution in [3.05, 3.63) is 30.3 Å². The summed E-state index contributed by atoms with van der Waals surface area (Å²) >= 11 is -1.94. The SMILES string of the molecule is Nc1ccccc1.O=[AsH2]O. The zero-order valence-corrected chi connectivity index (χ0v) is 7.82. The van der Waals surface area contributed by atoms with Gasteiger partial charge in [-0.15, -0.1) is 0 Å². The summed E-state index contributed by atoms with van der Waals surface area (Å²) in [6.07, 6.45) is 0. The van der Waals surface area contributed by atoms with Crippen molar-refractivity contribution in [2.75, 3.05) is 5.73 Å². The van der Waals surface area contributed by atoms with E-state index >= 15 is 0 Å². The maximum absolute atomic E-state index is 8.64. The molecule has 3 nitrogen and oxygen atoms in total. The summed E-state index contributed by atoms with van der Waals surface area (Å²) in [5.74, 6) is 0. The summed E-state index contributed by atoms with van der Waals surface area (Å²) in [6, 6.07) is 9.49. The normalized spacial score (nSPS) is 8.90. The van der Waals surface area contributed by atoms with Crippen LogP contribution in [0, 0.1) is 0 Å². The topological polar surface area (TPSA) is 63.3 Å². The molecule has 0 heterocycles. The predicted molar refractivity (Wildman–Crippen MR) is 42.3 cm³/mol. The van der Waals surface area contributed by atoms with Crippen molar-refractivity contribution in [2.24, 2.45) is 0 Å². The fourth-order valence-corrected chi connectivity index (χ4v) is 0.453. The number of nitrogens with two attached hydrogens (primary N) is 1. The summed E-state index contributed by atoms with van der Waals surface area (Å²) in [6.45, 7) is 0. The van der Waals surface area contributed by atoms with Gasteiger partial charge in [-0.05, 0) is 12.1 Å². The Kier molecular flexibility index (Phi) is 6.03. The van der Waals surface area contributed by atoms with Gasteiger partial charge in [-0.3, -0.25) is 0 Å². The number of para-hydroxylation sites is 1. The van der Waals surface area contributed by atoms with Crippen LogP contribution in [0.5, 0.6) is 0 Å². The number of benzene rings is 1. The first-order chi connectivity index (χ1) is 4.81. The van der Waals surface area contributed by atoms with E-state index in [9.17, 15) is 0 Å². The molecule has 56 valence electrons. The fraction of sp³-hybridized carbons (Fsp3) is 0. The zero-order valence-electron chi connectivity index (χ0n) is 5.40. The van der Waals surface area contributed by atoms with Crippen LogP contribution in [-0.2, 0) is 3.74 Å². The van der Waals surface area contributed by atoms with Crippen molar-refractivity contribution in [1.82, 2.24) is 0 Å². The van der Waals surface area contributed by atoms with Gasteiger partial charge in [-0.2, -0.15) is 0 Å². The number of hydrogen-bond donors (Lipinski definition) is 2. The van der Waals surface area contributed by atoms with E-state index in [1.54, 1.807) is 0 Å². The van der Waals surface area contributed by atoms with Crippen LogP contribution in [0.2, 0.25) is 0 Å². The Hall–Kier alpha value is -0.662. The van der Waals surface area contributed by atoms with Gasteiger partial charge in [0.25, 0.3) is 0 Å². The summed E-state index contributed by atoms with van der Waals surface area (Å²) in [5, 5.41) is 0. The second-order valence-corrected chi connectivity index (χ2v) is 1.96. The molecule has 0 aliphatic rings. The molecule has 0 radical (unpaired) electrons. The van der Waals surface area contributed by atoms with Crippen LogP contribution in [0.3, 0.4) is 0 Å². The van der Waals surface area contributed by atoms with Crippen molar-refractivity contribution >= 4 is 21.7 Å². The monoisotopic (exact) mass is 203 g/mol. The van der Waals surface area contributed by atoms with Crippen LogP contribution in [0.4, 0.5) is 5.69 Å². The average molecular weight is 203 g/mol. The molecule has 3 N–H and O–H groups in total. The minimum atomic E-state index is -1.94. The predicted octanol–water partition coefficient (Wildman–Crippen LogP) is -0.323. The van der Waals surface area contributed by atoms with Crippen LogP contribution in [0.1, 0.15) is 0 Å². The molecule has 10 heavy (non-hydrogen) atoms. The molecule has 0 saturated heterocycles. The molecule has 1 aromatic carbocycles. The van der Waals surface area contributed by atoms with E-state index in [0.717, 1.165) is 5.69 Å². The third kappa shape index (κ3) is 5.47. The molecule has 4 heteroatoms. The molecule has 0 amide bonds. The summed E-state index contributed by atoms with van der Waals surface area (Å²) in [4.78, 5) is 0. The molecule has 0 aromatic heterocycles. The molecule has 0 saturated carbocycles. The Morgan fingerprint density at radius 1 is 1.30 bits per heavy atom. The third-order valence-electron chi connectivity index (χ3n) is 0.800. The Labute approximate surface area is 66.1 Å². The molecule has 0 aliphatic carbocycles. The number of anilines is 1. The Morgan fingerprint density at radius 3 is 1.90 bits per heavy atom. The van der Waals surface area contributed by atoms with Crippen LogP contribution in [-0.4, -0.2) is 20.1 Å². The first-order valence-electron chi connectivity index (χ1n) is 2.69. The molecule has 0 spiro atoms. The second kappa shape index (κ2) is 6.46. The zero-order chi connectivity index (χ0) is 7.82. The van der Waals surface area contributed by atoms with Crippen LogP contribution in [0.15, 0.2) is 30.3 Å². The number of rotatable bonds is 0. The van der Waals surface area contributed by atoms with Crippen LogP contribution < -0.4 is 5.73 Å². The molecular weight excluding hydrogens is 193 g/mol. The summed E-state index contributed by atoms with van der Waals surface area (Å²) < 4.78 is 15.8. The quantitative estimate of drug-likeness (QED) is 0.448. The van der Waals surface area contributed by atoms with E-state index < -0.39 is 16.0 Å². The van der Waals surface area contributed by atoms with Crippen LogP contribution >= 0.6 is 0 Å². The Morgan fingerprint density at radius 2 is 1.70 bits per heavy atom. The van der Waals surface area contributed by atoms with Gasteiger partial charge in [-0.25, -0.2) is 0 Å². The van der Waals surface area contributed by atoms with Crippen molar-refractivity contribution in [1.29, 1.82) is 0 Å². The van der Waals surface area contributed by atoms with Gasteiger partial charge in [0, 0.05) is 5.69 Å². The van der Waals surface area contributed by atoms with Gasteiger partial charge in [0.15, 0.2) is 0 Å². The van der Waals surface area contributed by atoms with E-state index in [0.29, 0.717) is 0 Å². The average Bonchev–Trinajstić information content (AvgIpc) is 1.91. The van der Waals surface area contributed by atoms with Crippen molar-refractivity contribution in [2.45, 2.75) is 0 Å². The van der Waals surface area contributed by atoms with E-state index in [1.165, 1.54) is 0 Å². The molecule has 0 bridgehead atoms. The summed E-state index contributed by atoms with van der Waals surface area (Å²) in [7, 11) is 0. The van der Waals surface area contributed by atoms with E-state index in [-0.39, 0.29) is 0 Å². The van der Waals surface area contributed by atoms with Gasteiger partial charge in [0.2, 0.25) is 0 Å². The van der Waals surface area contributed by atoms with Crippen molar-refractivity contribution in [3.63, 3.8) is 0 Å². The van der Waals surface area contributed by atoms with Crippen molar-refractivity contribution in [3.8, 4) is 0 Å². The molecule has 0 aliphatic heterocycles. The minimum absolute atomic E-state index is 0.822. The molecule has 0 fully saturated rings. The van der Waals surface area contributed by atoms with Gasteiger partial charge in [0.05, 0.1) is 0 Å². The van der Waals surface area contributed by atoms with Crippen molar-refractivity contribution < 1.29 is 7.84 Å². The standard InChI is InChI=1S/C6H7N.AsH3O2/c7-6-4-2-1-3-5-6;2-1-3/h1-5H,7H2;1H2,(H,2,3). The molecule has 1 aromatic rings. The Balaban J connectivity index is 0.000000236. The van der Waals surface area contributed by atoms with E-state index in [4.69, 9.17) is 13.6 Å². The van der Waals surface area contributed by atoms with E-state index in [1.807, 2.05) is 30.3 Å². The van der Waals surface area contributed by atoms with E-state index in [2.05, 4.69) is 0 Å². The third-order valence-corrected chi connectivity index (χ3v) is 0.800. The van der Waals surface area contributed by atoms with Gasteiger partial charge >= 0.3 is 23.9 Å². The number of nitrogen functional groups attached to an aromatic ring is 1. The number of hydrogen-bond acceptors (Lipinski definition) is 2. The van der Waals surface area contributed by atoms with Crippen LogP contribution in [0.25, 0.3) is 0 Å². The molecular formula is C6H10AsNO2. The fourth-order valence-electron chi connectivity index (χ4n) is 0.453.